The zero-order chi connectivity index (χ0) is 38.0. The quantitative estimate of drug-likeness (QED) is 0.0445. The van der Waals surface area contributed by atoms with Gasteiger partial charge in [0.15, 0.2) is 0 Å². The molecule has 0 spiro atoms. The van der Waals surface area contributed by atoms with E-state index in [1.165, 1.54) is 61.8 Å². The average Bonchev–Trinajstić information content (AvgIpc) is 3.11. The maximum absolute atomic E-state index is 11.8. The topological polar surface area (TPSA) is 114 Å². The number of hydrogen-bond acceptors (Lipinski definition) is 6. The molecule has 0 aliphatic carbocycles. The summed E-state index contributed by atoms with van der Waals surface area (Å²) in [7, 11) is -8.91. The summed E-state index contributed by atoms with van der Waals surface area (Å²) in [5.41, 5.74) is 3.93. The Balaban J connectivity index is 0.000000360. The fourth-order valence-electron chi connectivity index (χ4n) is 7.29. The molecule has 0 saturated carbocycles. The minimum atomic E-state index is -4.45. The van der Waals surface area contributed by atoms with E-state index in [1.807, 2.05) is 36.4 Å². The molecule has 0 radical (unpaired) electrons. The molecule has 0 aromatic heterocycles. The molecule has 4 rings (SSSR count). The molecule has 0 fully saturated rings. The van der Waals surface area contributed by atoms with E-state index in [0.29, 0.717) is 24.0 Å². The van der Waals surface area contributed by atoms with Crippen molar-refractivity contribution in [1.82, 2.24) is 0 Å². The van der Waals surface area contributed by atoms with Gasteiger partial charge in [-0.2, -0.15) is 0 Å². The van der Waals surface area contributed by atoms with Gasteiger partial charge in [0.05, 0.1) is 9.79 Å². The Morgan fingerprint density at radius 3 is 1.02 bits per heavy atom. The molecule has 4 aromatic carbocycles. The van der Waals surface area contributed by atoms with Gasteiger partial charge in [0.1, 0.15) is 20.2 Å². The zero-order valence-corrected chi connectivity index (χ0v) is 36.7. The Hall–Kier alpha value is -1.52. The first-order chi connectivity index (χ1) is 25.0. The standard InChI is InChI=1S/2C22H32O3S.Ca/c2*1-3-5-7-9-12-18-13-11-15-20-19(18)16-17-22(26(23,24)25)21(20)14-10-8-6-4-2;/h2*11,13,15-17H,3-10,12,14H2,1-2H3,(H,23,24,25);/q;;+2/p-2. The molecular formula is C44H62CaO6S2. The van der Waals surface area contributed by atoms with Crippen LogP contribution < -0.4 is 0 Å². The fourth-order valence-corrected chi connectivity index (χ4v) is 8.79. The van der Waals surface area contributed by atoms with Crippen LogP contribution in [0.2, 0.25) is 0 Å². The van der Waals surface area contributed by atoms with Crippen molar-refractivity contribution in [3.8, 4) is 0 Å². The molecule has 0 bridgehead atoms. The number of unbranched alkanes of at least 4 members (excludes halogenated alkanes) is 12. The Kier molecular flexibility index (Phi) is 22.4. The Morgan fingerprint density at radius 2 is 0.717 bits per heavy atom. The molecule has 9 heteroatoms. The maximum Gasteiger partial charge on any atom is 2.00 e. The second-order valence-electron chi connectivity index (χ2n) is 14.3. The van der Waals surface area contributed by atoms with Crippen LogP contribution in [0.4, 0.5) is 0 Å². The van der Waals surface area contributed by atoms with Crippen molar-refractivity contribution in [3.63, 3.8) is 0 Å². The summed E-state index contributed by atoms with van der Waals surface area (Å²) in [6.45, 7) is 8.70. The first-order valence-corrected chi connectivity index (χ1v) is 22.8. The van der Waals surface area contributed by atoms with E-state index in [2.05, 4.69) is 39.8 Å². The molecule has 0 aliphatic heterocycles. The normalized spacial score (nSPS) is 11.7. The van der Waals surface area contributed by atoms with Crippen molar-refractivity contribution >= 4 is 79.5 Å². The summed E-state index contributed by atoms with van der Waals surface area (Å²) in [6.07, 6.45) is 21.4. The van der Waals surface area contributed by atoms with Crippen LogP contribution in [0.25, 0.3) is 21.5 Å². The van der Waals surface area contributed by atoms with Crippen LogP contribution in [0.1, 0.15) is 153 Å². The summed E-state index contributed by atoms with van der Waals surface area (Å²) < 4.78 is 70.6. The van der Waals surface area contributed by atoms with Crippen LogP contribution in [0, 0.1) is 0 Å². The maximum atomic E-state index is 11.8. The van der Waals surface area contributed by atoms with Crippen molar-refractivity contribution in [3.05, 3.63) is 82.9 Å². The van der Waals surface area contributed by atoms with Crippen molar-refractivity contribution in [2.75, 3.05) is 0 Å². The Labute approximate surface area is 351 Å². The minimum absolute atomic E-state index is 0. The van der Waals surface area contributed by atoms with Gasteiger partial charge in [0, 0.05) is 0 Å². The van der Waals surface area contributed by atoms with Crippen LogP contribution in [0.15, 0.2) is 70.5 Å². The third-order valence-corrected chi connectivity index (χ3v) is 12.0. The van der Waals surface area contributed by atoms with E-state index >= 15 is 0 Å². The number of hydrogen-bond donors (Lipinski definition) is 0. The van der Waals surface area contributed by atoms with Gasteiger partial charge in [0.25, 0.3) is 0 Å². The smallest absolute Gasteiger partial charge is 0.744 e. The number of rotatable bonds is 22. The molecule has 0 amide bonds. The number of aryl methyl sites for hydroxylation is 4. The largest absolute Gasteiger partial charge is 2.00 e. The SMILES string of the molecule is CCCCCCc1cccc2c(CCCCCC)c(S(=O)(=O)[O-])ccc12.CCCCCCc1cccc2c(CCCCCC)c(S(=O)(=O)[O-])ccc12.[Ca+2]. The van der Waals surface area contributed by atoms with Crippen molar-refractivity contribution in [1.29, 1.82) is 0 Å². The first-order valence-electron chi connectivity index (χ1n) is 20.0. The molecule has 0 atom stereocenters. The van der Waals surface area contributed by atoms with Gasteiger partial charge < -0.3 is 9.11 Å². The fraction of sp³-hybridized carbons (Fsp3) is 0.545. The van der Waals surface area contributed by atoms with Crippen molar-refractivity contribution in [2.45, 2.75) is 166 Å². The summed E-state index contributed by atoms with van der Waals surface area (Å²) in [4.78, 5) is -0.0748. The Bertz CT molecular complexity index is 1770. The van der Waals surface area contributed by atoms with E-state index in [9.17, 15) is 25.9 Å². The molecule has 4 aromatic rings. The van der Waals surface area contributed by atoms with Crippen LogP contribution in [-0.4, -0.2) is 63.7 Å². The summed E-state index contributed by atoms with van der Waals surface area (Å²) in [6, 6.07) is 18.9. The van der Waals surface area contributed by atoms with Gasteiger partial charge in [-0.25, -0.2) is 16.8 Å². The van der Waals surface area contributed by atoms with Gasteiger partial charge in [-0.15, -0.1) is 0 Å². The second-order valence-corrected chi connectivity index (χ2v) is 17.0. The van der Waals surface area contributed by atoms with E-state index in [1.54, 1.807) is 0 Å². The molecular weight excluding hydrogens is 729 g/mol. The molecule has 0 aliphatic rings. The molecule has 0 unspecified atom stereocenters. The zero-order valence-electron chi connectivity index (χ0n) is 32.9. The summed E-state index contributed by atoms with van der Waals surface area (Å²) in [5.74, 6) is 0. The van der Waals surface area contributed by atoms with Crippen LogP contribution >= 0.6 is 0 Å². The third kappa shape index (κ3) is 15.2. The average molecular weight is 791 g/mol. The molecule has 0 saturated heterocycles. The van der Waals surface area contributed by atoms with Crippen LogP contribution in [-0.2, 0) is 45.9 Å². The minimum Gasteiger partial charge on any atom is -0.744 e. The van der Waals surface area contributed by atoms with E-state index < -0.39 is 20.2 Å². The van der Waals surface area contributed by atoms with E-state index in [-0.39, 0.29) is 47.5 Å². The molecule has 288 valence electrons. The number of fused-ring (bicyclic) bond motifs is 2. The molecule has 0 heterocycles. The summed E-state index contributed by atoms with van der Waals surface area (Å²) >= 11 is 0. The third-order valence-electron chi connectivity index (χ3n) is 10.1. The molecule has 6 nitrogen and oxygen atoms in total. The van der Waals surface area contributed by atoms with Gasteiger partial charge >= 0.3 is 37.7 Å². The predicted octanol–water partition coefficient (Wildman–Crippen LogP) is 11.6. The van der Waals surface area contributed by atoms with Crippen LogP contribution in [0.5, 0.6) is 0 Å². The van der Waals surface area contributed by atoms with E-state index in [0.717, 1.165) is 98.6 Å². The predicted molar refractivity (Wildman–Crippen MR) is 221 cm³/mol. The van der Waals surface area contributed by atoms with Gasteiger partial charge in [-0.1, -0.05) is 153 Å². The van der Waals surface area contributed by atoms with Crippen LogP contribution in [0.3, 0.4) is 0 Å². The van der Waals surface area contributed by atoms with Crippen molar-refractivity contribution in [2.24, 2.45) is 0 Å². The summed E-state index contributed by atoms with van der Waals surface area (Å²) in [5, 5.41) is 4.07. The monoisotopic (exact) mass is 790 g/mol. The van der Waals surface area contributed by atoms with Gasteiger partial charge in [0.2, 0.25) is 0 Å². The van der Waals surface area contributed by atoms with Gasteiger partial charge in [-0.3, -0.25) is 0 Å². The number of benzene rings is 4. The Morgan fingerprint density at radius 1 is 0.396 bits per heavy atom. The molecule has 53 heavy (non-hydrogen) atoms. The second kappa shape index (κ2) is 24.9. The molecule has 0 N–H and O–H groups in total. The van der Waals surface area contributed by atoms with Crippen molar-refractivity contribution < 1.29 is 25.9 Å². The first kappa shape index (κ1) is 47.6. The van der Waals surface area contributed by atoms with Gasteiger partial charge in [-0.05, 0) is 107 Å². The van der Waals surface area contributed by atoms with E-state index in [4.69, 9.17) is 0 Å².